The largest absolute Gasteiger partial charge is 0.428 e. The summed E-state index contributed by atoms with van der Waals surface area (Å²) in [5, 5.41) is 21.9. The van der Waals surface area contributed by atoms with Crippen LogP contribution in [0.15, 0.2) is 53.3 Å². The standard InChI is InChI=1S/C16H13ClN4O3/c17-13-5-6-14(15(8-13)21(22)23)18-9-12-3-1-11(2-4-12)7-16-20-19-10-24-16/h1-6,8,10,18H,7,9H2. The molecule has 0 fully saturated rings. The van der Waals surface area contributed by atoms with Gasteiger partial charge < -0.3 is 9.73 Å². The fourth-order valence-electron chi connectivity index (χ4n) is 2.23. The quantitative estimate of drug-likeness (QED) is 0.539. The molecule has 0 radical (unpaired) electrons. The van der Waals surface area contributed by atoms with Gasteiger partial charge in [-0.25, -0.2) is 0 Å². The molecule has 0 amide bonds. The number of hydrogen-bond donors (Lipinski definition) is 1. The molecule has 0 unspecified atom stereocenters. The van der Waals surface area contributed by atoms with Crippen LogP contribution in [-0.2, 0) is 13.0 Å². The molecule has 24 heavy (non-hydrogen) atoms. The molecular weight excluding hydrogens is 332 g/mol. The molecule has 1 N–H and O–H groups in total. The van der Waals surface area contributed by atoms with Crippen LogP contribution in [0.2, 0.25) is 5.02 Å². The van der Waals surface area contributed by atoms with Crippen molar-refractivity contribution in [1.29, 1.82) is 0 Å². The number of nitrogens with zero attached hydrogens (tertiary/aromatic N) is 3. The average Bonchev–Trinajstić information content (AvgIpc) is 3.08. The summed E-state index contributed by atoms with van der Waals surface area (Å²) in [7, 11) is 0. The number of rotatable bonds is 6. The summed E-state index contributed by atoms with van der Waals surface area (Å²) in [6.07, 6.45) is 1.86. The monoisotopic (exact) mass is 344 g/mol. The third-order valence-corrected chi connectivity index (χ3v) is 3.66. The normalized spacial score (nSPS) is 10.5. The van der Waals surface area contributed by atoms with Gasteiger partial charge in [0.15, 0.2) is 0 Å². The van der Waals surface area contributed by atoms with E-state index >= 15 is 0 Å². The molecule has 0 bridgehead atoms. The molecule has 122 valence electrons. The second-order valence-corrected chi connectivity index (χ2v) is 5.53. The first-order chi connectivity index (χ1) is 11.6. The Bertz CT molecular complexity index is 835. The lowest BCUT2D eigenvalue weighted by atomic mass is 10.1. The number of nitrogens with one attached hydrogen (secondary N) is 1. The van der Waals surface area contributed by atoms with E-state index in [1.807, 2.05) is 24.3 Å². The maximum Gasteiger partial charge on any atom is 0.293 e. The Labute approximate surface area is 142 Å². The van der Waals surface area contributed by atoms with Crippen molar-refractivity contribution >= 4 is 23.0 Å². The van der Waals surface area contributed by atoms with Crippen molar-refractivity contribution in [1.82, 2.24) is 10.2 Å². The highest BCUT2D eigenvalue weighted by atomic mass is 35.5. The molecule has 0 aliphatic heterocycles. The predicted octanol–water partition coefficient (Wildman–Crippen LogP) is 3.83. The van der Waals surface area contributed by atoms with Crippen LogP contribution in [0.4, 0.5) is 11.4 Å². The average molecular weight is 345 g/mol. The van der Waals surface area contributed by atoms with E-state index in [1.54, 1.807) is 12.1 Å². The Balaban J connectivity index is 1.66. The first-order valence-corrected chi connectivity index (χ1v) is 7.50. The Morgan fingerprint density at radius 3 is 2.58 bits per heavy atom. The van der Waals surface area contributed by atoms with Crippen molar-refractivity contribution in [2.24, 2.45) is 0 Å². The molecule has 3 rings (SSSR count). The number of aromatic nitrogens is 2. The van der Waals surface area contributed by atoms with E-state index in [-0.39, 0.29) is 5.69 Å². The number of hydrogen-bond acceptors (Lipinski definition) is 6. The summed E-state index contributed by atoms with van der Waals surface area (Å²) in [5.74, 6) is 0.553. The predicted molar refractivity (Wildman–Crippen MR) is 89.0 cm³/mol. The minimum atomic E-state index is -0.457. The molecule has 3 aromatic rings. The van der Waals surface area contributed by atoms with E-state index in [4.69, 9.17) is 16.0 Å². The molecule has 0 atom stereocenters. The lowest BCUT2D eigenvalue weighted by Crippen LogP contribution is -2.02. The van der Waals surface area contributed by atoms with Crippen LogP contribution >= 0.6 is 11.6 Å². The molecule has 1 aromatic heterocycles. The summed E-state index contributed by atoms with van der Waals surface area (Å²) < 4.78 is 5.11. The van der Waals surface area contributed by atoms with Crippen LogP contribution in [0.5, 0.6) is 0 Å². The maximum absolute atomic E-state index is 11.1. The molecular formula is C16H13ClN4O3. The Morgan fingerprint density at radius 1 is 1.17 bits per heavy atom. The van der Waals surface area contributed by atoms with Crippen LogP contribution in [0.25, 0.3) is 0 Å². The van der Waals surface area contributed by atoms with Crippen LogP contribution < -0.4 is 5.32 Å². The van der Waals surface area contributed by atoms with Crippen molar-refractivity contribution in [3.63, 3.8) is 0 Å². The second kappa shape index (κ2) is 7.10. The summed E-state index contributed by atoms with van der Waals surface area (Å²) in [6.45, 7) is 0.462. The minimum absolute atomic E-state index is 0.0458. The summed E-state index contributed by atoms with van der Waals surface area (Å²) >= 11 is 5.80. The van der Waals surface area contributed by atoms with E-state index < -0.39 is 4.92 Å². The SMILES string of the molecule is O=[N+]([O-])c1cc(Cl)ccc1NCc1ccc(Cc2nnco2)cc1. The van der Waals surface area contributed by atoms with Crippen LogP contribution in [-0.4, -0.2) is 15.1 Å². The van der Waals surface area contributed by atoms with Gasteiger partial charge in [-0.2, -0.15) is 0 Å². The smallest absolute Gasteiger partial charge is 0.293 e. The number of nitro benzene ring substituents is 1. The molecule has 0 aliphatic rings. The van der Waals surface area contributed by atoms with Crippen molar-refractivity contribution < 1.29 is 9.34 Å². The van der Waals surface area contributed by atoms with Gasteiger partial charge in [0.25, 0.3) is 5.69 Å². The molecule has 1 heterocycles. The summed E-state index contributed by atoms with van der Waals surface area (Å²) in [5.41, 5.74) is 2.42. The van der Waals surface area contributed by atoms with Gasteiger partial charge >= 0.3 is 0 Å². The minimum Gasteiger partial charge on any atom is -0.428 e. The van der Waals surface area contributed by atoms with E-state index in [0.29, 0.717) is 29.6 Å². The lowest BCUT2D eigenvalue weighted by Gasteiger charge is -2.08. The Morgan fingerprint density at radius 2 is 1.92 bits per heavy atom. The zero-order valence-electron chi connectivity index (χ0n) is 12.5. The van der Waals surface area contributed by atoms with E-state index in [0.717, 1.165) is 11.1 Å². The summed E-state index contributed by atoms with van der Waals surface area (Å²) in [6, 6.07) is 12.3. The number of nitro groups is 1. The van der Waals surface area contributed by atoms with Gasteiger partial charge in [0, 0.05) is 17.6 Å². The number of anilines is 1. The summed E-state index contributed by atoms with van der Waals surface area (Å²) in [4.78, 5) is 10.6. The van der Waals surface area contributed by atoms with Gasteiger partial charge in [0.1, 0.15) is 5.69 Å². The molecule has 0 aliphatic carbocycles. The molecule has 0 saturated heterocycles. The zero-order chi connectivity index (χ0) is 16.9. The van der Waals surface area contributed by atoms with E-state index in [2.05, 4.69) is 15.5 Å². The molecule has 2 aromatic carbocycles. The van der Waals surface area contributed by atoms with Gasteiger partial charge in [-0.05, 0) is 23.3 Å². The van der Waals surface area contributed by atoms with Gasteiger partial charge in [-0.3, -0.25) is 10.1 Å². The van der Waals surface area contributed by atoms with Crippen molar-refractivity contribution in [3.05, 3.63) is 81.0 Å². The van der Waals surface area contributed by atoms with Crippen molar-refractivity contribution in [2.75, 3.05) is 5.32 Å². The maximum atomic E-state index is 11.1. The highest BCUT2D eigenvalue weighted by Gasteiger charge is 2.13. The first-order valence-electron chi connectivity index (χ1n) is 7.12. The number of benzene rings is 2. The number of halogens is 1. The first kappa shape index (κ1) is 15.9. The third kappa shape index (κ3) is 3.88. The van der Waals surface area contributed by atoms with Crippen molar-refractivity contribution in [3.8, 4) is 0 Å². The Kier molecular flexibility index (Phi) is 4.72. The second-order valence-electron chi connectivity index (χ2n) is 5.10. The lowest BCUT2D eigenvalue weighted by molar-refractivity contribution is -0.383. The third-order valence-electron chi connectivity index (χ3n) is 3.42. The van der Waals surface area contributed by atoms with Gasteiger partial charge in [-0.15, -0.1) is 10.2 Å². The fourth-order valence-corrected chi connectivity index (χ4v) is 2.39. The van der Waals surface area contributed by atoms with E-state index in [1.165, 1.54) is 12.5 Å². The van der Waals surface area contributed by atoms with Gasteiger partial charge in [0.2, 0.25) is 12.3 Å². The van der Waals surface area contributed by atoms with Crippen molar-refractivity contribution in [2.45, 2.75) is 13.0 Å². The highest BCUT2D eigenvalue weighted by molar-refractivity contribution is 6.30. The zero-order valence-corrected chi connectivity index (χ0v) is 13.2. The molecule has 0 saturated carbocycles. The van der Waals surface area contributed by atoms with Gasteiger partial charge in [-0.1, -0.05) is 35.9 Å². The molecule has 0 spiro atoms. The van der Waals surface area contributed by atoms with Crippen LogP contribution in [0, 0.1) is 10.1 Å². The molecule has 7 nitrogen and oxygen atoms in total. The van der Waals surface area contributed by atoms with Crippen LogP contribution in [0.1, 0.15) is 17.0 Å². The topological polar surface area (TPSA) is 94.1 Å². The van der Waals surface area contributed by atoms with E-state index in [9.17, 15) is 10.1 Å². The molecule has 8 heteroatoms. The Hall–Kier alpha value is -2.93. The van der Waals surface area contributed by atoms with Gasteiger partial charge in [0.05, 0.1) is 11.3 Å². The fraction of sp³-hybridized carbons (Fsp3) is 0.125. The highest BCUT2D eigenvalue weighted by Crippen LogP contribution is 2.28. The van der Waals surface area contributed by atoms with Crippen LogP contribution in [0.3, 0.4) is 0 Å².